The van der Waals surface area contributed by atoms with E-state index >= 15 is 0 Å². The molecule has 14 nitrogen and oxygen atoms in total. The molecule has 4 atom stereocenters. The van der Waals surface area contributed by atoms with Gasteiger partial charge in [0.15, 0.2) is 0 Å². The molecule has 4 aromatic rings. The fourth-order valence-electron chi connectivity index (χ4n) is 7.06. The predicted octanol–water partition coefficient (Wildman–Crippen LogP) is 4.93. The molecule has 14 heteroatoms. The number of carbonyl (C=O) groups is 4. The number of aromatic nitrogens is 4. The van der Waals surface area contributed by atoms with Crippen molar-refractivity contribution in [1.82, 2.24) is 40.4 Å². The largest absolute Gasteiger partial charge is 0.453 e. The average molecular weight is 711 g/mol. The van der Waals surface area contributed by atoms with Crippen LogP contribution in [0.15, 0.2) is 36.4 Å². The maximum absolute atomic E-state index is 13.5. The fraction of sp³-hybridized carbons (Fsp3) is 0.474. The standard InChI is InChI=1S/C38H46N8O6/c1-21(2)31(43-37(49)51-5)35(47)45-17-7-9-29(45)33-39-25-15-13-23(19-27(25)41-33)11-12-24-14-16-26-28(20-24)42-34(40-26)30-10-8-18-46(30)36(48)32(22(3)4)44-38(50)52-6/h13-16,19-22,29-32H,7-10,17-18H2,1-6H3,(H,39,41)(H,40,42)(H,43,49)(H,44,50)/t29?,30?,31-,32-/m0/s1. The molecule has 0 aliphatic carbocycles. The van der Waals surface area contributed by atoms with Gasteiger partial charge in [-0.05, 0) is 73.9 Å². The first-order valence-corrected chi connectivity index (χ1v) is 17.8. The van der Waals surface area contributed by atoms with Crippen LogP contribution in [0.5, 0.6) is 0 Å². The highest BCUT2D eigenvalue weighted by Gasteiger charge is 2.39. The number of carbonyl (C=O) groups excluding carboxylic acids is 4. The van der Waals surface area contributed by atoms with Crippen molar-refractivity contribution in [1.29, 1.82) is 0 Å². The molecule has 0 bridgehead atoms. The maximum Gasteiger partial charge on any atom is 0.407 e. The Bertz CT molecular complexity index is 1900. The third-order valence-electron chi connectivity index (χ3n) is 9.84. The number of hydrogen-bond donors (Lipinski definition) is 4. The minimum absolute atomic E-state index is 0.116. The van der Waals surface area contributed by atoms with Crippen molar-refractivity contribution in [2.24, 2.45) is 11.8 Å². The number of methoxy groups -OCH3 is 2. The van der Waals surface area contributed by atoms with Gasteiger partial charge in [0.1, 0.15) is 23.7 Å². The summed E-state index contributed by atoms with van der Waals surface area (Å²) in [5.74, 6) is 7.38. The molecule has 4 N–H and O–H groups in total. The first-order chi connectivity index (χ1) is 25.0. The molecule has 2 fully saturated rings. The van der Waals surface area contributed by atoms with Crippen molar-refractivity contribution in [3.05, 3.63) is 59.2 Å². The highest BCUT2D eigenvalue weighted by Crippen LogP contribution is 2.34. The number of hydrogen-bond acceptors (Lipinski definition) is 8. The maximum atomic E-state index is 13.5. The second kappa shape index (κ2) is 15.3. The molecule has 2 aromatic heterocycles. The van der Waals surface area contributed by atoms with E-state index in [-0.39, 0.29) is 35.7 Å². The Hall–Kier alpha value is -5.58. The number of likely N-dealkylation sites (tertiary alicyclic amines) is 2. The Labute approximate surface area is 302 Å². The van der Waals surface area contributed by atoms with Crippen LogP contribution in [-0.4, -0.2) is 93.1 Å². The normalized spacial score (nSPS) is 18.4. The zero-order valence-electron chi connectivity index (χ0n) is 30.4. The molecule has 2 aromatic carbocycles. The molecule has 4 amide bonds. The van der Waals surface area contributed by atoms with Crippen LogP contribution in [0.3, 0.4) is 0 Å². The van der Waals surface area contributed by atoms with Gasteiger partial charge in [-0.25, -0.2) is 19.6 Å². The minimum atomic E-state index is -0.701. The summed E-state index contributed by atoms with van der Waals surface area (Å²) in [7, 11) is 2.57. The van der Waals surface area contributed by atoms with E-state index in [0.717, 1.165) is 58.9 Å². The van der Waals surface area contributed by atoms with Gasteiger partial charge < -0.3 is 39.9 Å². The molecule has 0 saturated carbocycles. The molecule has 2 saturated heterocycles. The lowest BCUT2D eigenvalue weighted by atomic mass is 10.0. The smallest absolute Gasteiger partial charge is 0.407 e. The van der Waals surface area contributed by atoms with Crippen molar-refractivity contribution in [2.75, 3.05) is 27.3 Å². The van der Waals surface area contributed by atoms with Gasteiger partial charge in [-0.15, -0.1) is 0 Å². The Balaban J connectivity index is 1.17. The number of benzene rings is 2. The predicted molar refractivity (Wildman–Crippen MR) is 194 cm³/mol. The lowest BCUT2D eigenvalue weighted by Gasteiger charge is -2.29. The zero-order valence-corrected chi connectivity index (χ0v) is 30.4. The van der Waals surface area contributed by atoms with Crippen molar-refractivity contribution in [3.63, 3.8) is 0 Å². The van der Waals surface area contributed by atoms with Crippen LogP contribution >= 0.6 is 0 Å². The van der Waals surface area contributed by atoms with Gasteiger partial charge in [0.2, 0.25) is 11.8 Å². The van der Waals surface area contributed by atoms with Crippen molar-refractivity contribution in [2.45, 2.75) is 77.5 Å². The van der Waals surface area contributed by atoms with Crippen LogP contribution in [0.4, 0.5) is 9.59 Å². The van der Waals surface area contributed by atoms with E-state index in [1.54, 1.807) is 9.80 Å². The Morgan fingerprint density at radius 3 is 1.48 bits per heavy atom. The Morgan fingerprint density at radius 2 is 1.12 bits per heavy atom. The molecular formula is C38H46N8O6. The van der Waals surface area contributed by atoms with E-state index in [2.05, 4.69) is 32.4 Å². The number of amides is 4. The van der Waals surface area contributed by atoms with Gasteiger partial charge in [-0.2, -0.15) is 0 Å². The molecule has 2 aliphatic heterocycles. The number of nitrogens with one attached hydrogen (secondary N) is 4. The van der Waals surface area contributed by atoms with E-state index in [0.29, 0.717) is 24.7 Å². The number of ether oxygens (including phenoxy) is 2. The summed E-state index contributed by atoms with van der Waals surface area (Å²) in [5, 5.41) is 5.37. The van der Waals surface area contributed by atoms with E-state index < -0.39 is 24.3 Å². The summed E-state index contributed by atoms with van der Waals surface area (Å²) in [4.78, 5) is 71.0. The molecule has 6 rings (SSSR count). The van der Waals surface area contributed by atoms with Crippen LogP contribution in [0.1, 0.15) is 88.2 Å². The number of H-pyrrole nitrogens is 2. The van der Waals surface area contributed by atoms with Crippen molar-refractivity contribution in [3.8, 4) is 11.8 Å². The number of rotatable bonds is 8. The van der Waals surface area contributed by atoms with Gasteiger partial charge in [0.25, 0.3) is 0 Å². The van der Waals surface area contributed by atoms with Crippen molar-refractivity contribution < 1.29 is 28.7 Å². The van der Waals surface area contributed by atoms with Gasteiger partial charge in [0, 0.05) is 24.2 Å². The van der Waals surface area contributed by atoms with E-state index in [4.69, 9.17) is 19.4 Å². The molecule has 52 heavy (non-hydrogen) atoms. The second-order valence-electron chi connectivity index (χ2n) is 14.1. The third kappa shape index (κ3) is 7.54. The summed E-state index contributed by atoms with van der Waals surface area (Å²) in [5.41, 5.74) is 4.80. The summed E-state index contributed by atoms with van der Waals surface area (Å²) >= 11 is 0. The number of alkyl carbamates (subject to hydrolysis) is 2. The lowest BCUT2D eigenvalue weighted by molar-refractivity contribution is -0.136. The molecule has 2 unspecified atom stereocenters. The first kappa shape index (κ1) is 36.2. The fourth-order valence-corrected chi connectivity index (χ4v) is 7.06. The van der Waals surface area contributed by atoms with Crippen molar-refractivity contribution >= 4 is 46.1 Å². The topological polar surface area (TPSA) is 175 Å². The molecular weight excluding hydrogens is 664 g/mol. The minimum Gasteiger partial charge on any atom is -0.453 e. The monoisotopic (exact) mass is 710 g/mol. The van der Waals surface area contributed by atoms with E-state index in [1.807, 2.05) is 64.1 Å². The summed E-state index contributed by atoms with van der Waals surface area (Å²) in [6, 6.07) is 9.71. The second-order valence-corrected chi connectivity index (χ2v) is 14.1. The highest BCUT2D eigenvalue weighted by molar-refractivity contribution is 5.87. The van der Waals surface area contributed by atoms with Crippen LogP contribution in [0, 0.1) is 23.7 Å². The van der Waals surface area contributed by atoms with Crippen LogP contribution in [0.25, 0.3) is 22.1 Å². The Morgan fingerprint density at radius 1 is 0.712 bits per heavy atom. The van der Waals surface area contributed by atoms with Gasteiger partial charge in [0.05, 0.1) is 48.4 Å². The van der Waals surface area contributed by atoms with Crippen LogP contribution in [0.2, 0.25) is 0 Å². The van der Waals surface area contributed by atoms with E-state index in [1.165, 1.54) is 14.2 Å². The van der Waals surface area contributed by atoms with Gasteiger partial charge in [-0.1, -0.05) is 39.5 Å². The number of fused-ring (bicyclic) bond motifs is 2. The molecule has 274 valence electrons. The lowest BCUT2D eigenvalue weighted by Crippen LogP contribution is -2.51. The zero-order chi connectivity index (χ0) is 37.1. The molecule has 2 aliphatic rings. The summed E-state index contributed by atoms with van der Waals surface area (Å²) < 4.78 is 9.50. The molecule has 0 radical (unpaired) electrons. The first-order valence-electron chi connectivity index (χ1n) is 17.8. The number of nitrogens with zero attached hydrogens (tertiary/aromatic N) is 4. The number of imidazole rings is 2. The molecule has 0 spiro atoms. The third-order valence-corrected chi connectivity index (χ3v) is 9.84. The number of aromatic amines is 2. The van der Waals surface area contributed by atoms with Gasteiger partial charge in [-0.3, -0.25) is 9.59 Å². The Kier molecular flexibility index (Phi) is 10.7. The van der Waals surface area contributed by atoms with Crippen LogP contribution in [-0.2, 0) is 19.1 Å². The van der Waals surface area contributed by atoms with E-state index in [9.17, 15) is 19.2 Å². The molecule has 4 heterocycles. The summed E-state index contributed by atoms with van der Waals surface area (Å²) in [6.45, 7) is 8.73. The van der Waals surface area contributed by atoms with Crippen LogP contribution < -0.4 is 10.6 Å². The van der Waals surface area contributed by atoms with Gasteiger partial charge >= 0.3 is 12.2 Å². The SMILES string of the molecule is COC(=O)N[C@H](C(=O)N1CCCC1c1nc2ccc(C#Cc3ccc4nc(C5CCCN5C(=O)[C@@H](NC(=O)OC)C(C)C)[nH]c4c3)cc2[nH]1)C(C)C. The highest BCUT2D eigenvalue weighted by atomic mass is 16.5. The quantitative estimate of drug-likeness (QED) is 0.186. The summed E-state index contributed by atoms with van der Waals surface area (Å²) in [6.07, 6.45) is 1.92. The average Bonchev–Trinajstić information content (AvgIpc) is 3.95.